The normalized spacial score (nSPS) is 11.5. The molecule has 0 rings (SSSR count). The van der Waals surface area contributed by atoms with E-state index in [1.807, 2.05) is 13.8 Å². The zero-order valence-corrected chi connectivity index (χ0v) is 9.54. The molecule has 0 bridgehead atoms. The van der Waals surface area contributed by atoms with Gasteiger partial charge in [-0.25, -0.2) is 0 Å². The van der Waals surface area contributed by atoms with Crippen LogP contribution in [-0.2, 0) is 4.79 Å². The van der Waals surface area contributed by atoms with Gasteiger partial charge in [0.15, 0.2) is 5.78 Å². The Balaban J connectivity index is 3.86. The van der Waals surface area contributed by atoms with Gasteiger partial charge in [-0.15, -0.1) is 0 Å². The molecule has 0 amide bonds. The number of rotatable bonds is 6. The van der Waals surface area contributed by atoms with E-state index in [-0.39, 0.29) is 5.78 Å². The minimum absolute atomic E-state index is 0.210. The van der Waals surface area contributed by atoms with Crippen molar-refractivity contribution < 1.29 is 4.79 Å². The molecule has 0 unspecified atom stereocenters. The predicted octanol–water partition coefficient (Wildman–Crippen LogP) is 3.22. The summed E-state index contributed by atoms with van der Waals surface area (Å²) in [7, 11) is 0. The van der Waals surface area contributed by atoms with Crippen LogP contribution in [0.5, 0.6) is 0 Å². The second-order valence-corrected chi connectivity index (χ2v) is 4.41. The Morgan fingerprint density at radius 2 is 2.08 bits per heavy atom. The maximum atomic E-state index is 11.3. The van der Waals surface area contributed by atoms with Crippen LogP contribution in [0.4, 0.5) is 0 Å². The smallest absolute Gasteiger partial charge is 0.156 e. The lowest BCUT2D eigenvalue weighted by Gasteiger charge is -1.98. The molecule has 13 heavy (non-hydrogen) atoms. The average Bonchev–Trinajstić information content (AvgIpc) is 2.04. The standard InChI is InChI=1S/C11H18OS/c1-5-13-7-6-11(12)8-10(4)9(2)3/h8H,2,5-7H2,1,3-4H3/b10-8+. The number of ketones is 1. The topological polar surface area (TPSA) is 17.1 Å². The molecule has 0 saturated carbocycles. The largest absolute Gasteiger partial charge is 0.295 e. The van der Waals surface area contributed by atoms with Crippen LogP contribution >= 0.6 is 11.8 Å². The Bertz CT molecular complexity index is 216. The summed E-state index contributed by atoms with van der Waals surface area (Å²) in [4.78, 5) is 11.3. The molecule has 0 aromatic heterocycles. The van der Waals surface area contributed by atoms with Crippen LogP contribution in [0.2, 0.25) is 0 Å². The molecule has 0 spiro atoms. The fraction of sp³-hybridized carbons (Fsp3) is 0.545. The van der Waals surface area contributed by atoms with Crippen molar-refractivity contribution in [3.8, 4) is 0 Å². The van der Waals surface area contributed by atoms with E-state index in [4.69, 9.17) is 0 Å². The Hall–Kier alpha value is -0.500. The van der Waals surface area contributed by atoms with Crippen LogP contribution in [0, 0.1) is 0 Å². The van der Waals surface area contributed by atoms with Gasteiger partial charge in [0.2, 0.25) is 0 Å². The van der Waals surface area contributed by atoms with Crippen molar-refractivity contribution in [3.05, 3.63) is 23.8 Å². The highest BCUT2D eigenvalue weighted by Gasteiger charge is 1.98. The van der Waals surface area contributed by atoms with Gasteiger partial charge in [-0.2, -0.15) is 11.8 Å². The molecule has 0 aliphatic heterocycles. The molecule has 0 aromatic carbocycles. The summed E-state index contributed by atoms with van der Waals surface area (Å²) in [6.07, 6.45) is 2.34. The first-order valence-corrected chi connectivity index (χ1v) is 5.68. The summed E-state index contributed by atoms with van der Waals surface area (Å²) >= 11 is 1.80. The second kappa shape index (κ2) is 6.96. The molecule has 0 aromatic rings. The number of thioether (sulfide) groups is 1. The first-order chi connectivity index (χ1) is 6.07. The molecule has 0 aliphatic rings. The summed E-state index contributed by atoms with van der Waals surface area (Å²) in [6.45, 7) is 9.72. The molecule has 0 radical (unpaired) electrons. The molecule has 0 aliphatic carbocycles. The average molecular weight is 198 g/mol. The third kappa shape index (κ3) is 6.64. The molecule has 0 atom stereocenters. The molecule has 0 N–H and O–H groups in total. The summed E-state index contributed by atoms with van der Waals surface area (Å²) in [5.74, 6) is 2.22. The van der Waals surface area contributed by atoms with Crippen molar-refractivity contribution in [2.75, 3.05) is 11.5 Å². The molecule has 2 heteroatoms. The lowest BCUT2D eigenvalue weighted by Crippen LogP contribution is -1.96. The predicted molar refractivity (Wildman–Crippen MR) is 61.2 cm³/mol. The molecule has 74 valence electrons. The van der Waals surface area contributed by atoms with E-state index in [0.29, 0.717) is 6.42 Å². The van der Waals surface area contributed by atoms with E-state index in [1.165, 1.54) is 0 Å². The number of hydrogen-bond acceptors (Lipinski definition) is 2. The zero-order valence-electron chi connectivity index (χ0n) is 8.72. The van der Waals surface area contributed by atoms with E-state index in [9.17, 15) is 4.79 Å². The van der Waals surface area contributed by atoms with Crippen molar-refractivity contribution in [3.63, 3.8) is 0 Å². The highest BCUT2D eigenvalue weighted by Crippen LogP contribution is 2.07. The maximum Gasteiger partial charge on any atom is 0.156 e. The van der Waals surface area contributed by atoms with E-state index in [2.05, 4.69) is 13.5 Å². The highest BCUT2D eigenvalue weighted by atomic mass is 32.2. The first kappa shape index (κ1) is 12.5. The first-order valence-electron chi connectivity index (χ1n) is 4.52. The van der Waals surface area contributed by atoms with Gasteiger partial charge in [0.05, 0.1) is 0 Å². The zero-order chi connectivity index (χ0) is 10.3. The summed E-state index contributed by atoms with van der Waals surface area (Å²) in [5, 5.41) is 0. The van der Waals surface area contributed by atoms with Crippen LogP contribution in [0.25, 0.3) is 0 Å². The Morgan fingerprint density at radius 1 is 1.46 bits per heavy atom. The van der Waals surface area contributed by atoms with Gasteiger partial charge in [-0.3, -0.25) is 4.79 Å². The number of carbonyl (C=O) groups excluding carboxylic acids is 1. The van der Waals surface area contributed by atoms with Gasteiger partial charge in [-0.1, -0.05) is 19.1 Å². The molecule has 0 fully saturated rings. The van der Waals surface area contributed by atoms with Crippen molar-refractivity contribution in [1.29, 1.82) is 0 Å². The number of carbonyl (C=O) groups is 1. The molecule has 0 heterocycles. The van der Waals surface area contributed by atoms with Gasteiger partial charge in [0.1, 0.15) is 0 Å². The molecular weight excluding hydrogens is 180 g/mol. The van der Waals surface area contributed by atoms with Gasteiger partial charge < -0.3 is 0 Å². The van der Waals surface area contributed by atoms with Crippen LogP contribution in [0.3, 0.4) is 0 Å². The fourth-order valence-corrected chi connectivity index (χ4v) is 1.39. The van der Waals surface area contributed by atoms with Crippen LogP contribution < -0.4 is 0 Å². The van der Waals surface area contributed by atoms with Gasteiger partial charge in [0, 0.05) is 12.2 Å². The lowest BCUT2D eigenvalue weighted by atomic mass is 10.1. The quantitative estimate of drug-likeness (QED) is 0.370. The van der Waals surface area contributed by atoms with Crippen LogP contribution in [-0.4, -0.2) is 17.3 Å². The Labute approximate surface area is 85.3 Å². The molecular formula is C11H18OS. The third-order valence-electron chi connectivity index (χ3n) is 1.75. The summed E-state index contributed by atoms with van der Waals surface area (Å²) in [6, 6.07) is 0. The molecule has 1 nitrogen and oxygen atoms in total. The summed E-state index contributed by atoms with van der Waals surface area (Å²) in [5.41, 5.74) is 1.96. The van der Waals surface area contributed by atoms with E-state index >= 15 is 0 Å². The van der Waals surface area contributed by atoms with Gasteiger partial charge in [0.25, 0.3) is 0 Å². The maximum absolute atomic E-state index is 11.3. The van der Waals surface area contributed by atoms with Crippen molar-refractivity contribution in [1.82, 2.24) is 0 Å². The monoisotopic (exact) mass is 198 g/mol. The van der Waals surface area contributed by atoms with Crippen molar-refractivity contribution >= 4 is 17.5 Å². The van der Waals surface area contributed by atoms with Crippen molar-refractivity contribution in [2.45, 2.75) is 27.2 Å². The van der Waals surface area contributed by atoms with Crippen LogP contribution in [0.1, 0.15) is 27.2 Å². The Morgan fingerprint density at radius 3 is 2.54 bits per heavy atom. The van der Waals surface area contributed by atoms with E-state index < -0.39 is 0 Å². The second-order valence-electron chi connectivity index (χ2n) is 3.02. The Kier molecular flexibility index (Phi) is 6.69. The third-order valence-corrected chi connectivity index (χ3v) is 2.65. The SMILES string of the molecule is C=C(C)/C(C)=C/C(=O)CCSCC. The highest BCUT2D eigenvalue weighted by molar-refractivity contribution is 7.99. The molecule has 0 saturated heterocycles. The minimum atomic E-state index is 0.210. The van der Waals surface area contributed by atoms with E-state index in [1.54, 1.807) is 17.8 Å². The fourth-order valence-electron chi connectivity index (χ4n) is 0.754. The number of hydrogen-bond donors (Lipinski definition) is 0. The van der Waals surface area contributed by atoms with Gasteiger partial charge in [-0.05, 0) is 31.2 Å². The minimum Gasteiger partial charge on any atom is -0.295 e. The summed E-state index contributed by atoms with van der Waals surface area (Å²) < 4.78 is 0. The van der Waals surface area contributed by atoms with Crippen molar-refractivity contribution in [2.24, 2.45) is 0 Å². The number of allylic oxidation sites excluding steroid dienone is 3. The van der Waals surface area contributed by atoms with Crippen LogP contribution in [0.15, 0.2) is 23.8 Å². The van der Waals surface area contributed by atoms with E-state index in [0.717, 1.165) is 22.7 Å². The van der Waals surface area contributed by atoms with Gasteiger partial charge >= 0.3 is 0 Å². The lowest BCUT2D eigenvalue weighted by molar-refractivity contribution is -0.114.